The lowest BCUT2D eigenvalue weighted by molar-refractivity contribution is 0.306. The molecule has 1 aliphatic carbocycles. The number of aliphatic hydroxyl groups is 1. The van der Waals surface area contributed by atoms with Crippen molar-refractivity contribution in [2.45, 2.75) is 37.4 Å². The number of sulfonamides is 1. The van der Waals surface area contributed by atoms with Crippen molar-refractivity contribution < 1.29 is 13.5 Å². The number of rotatable bonds is 5. The minimum absolute atomic E-state index is 0.0487. The molecule has 112 valence electrons. The zero-order chi connectivity index (χ0) is 14.6. The van der Waals surface area contributed by atoms with Crippen molar-refractivity contribution in [3.05, 3.63) is 24.3 Å². The van der Waals surface area contributed by atoms with Gasteiger partial charge < -0.3 is 10.8 Å². The normalized spacial score (nSPS) is 17.1. The van der Waals surface area contributed by atoms with Crippen LogP contribution in [0.4, 0.5) is 11.4 Å². The van der Waals surface area contributed by atoms with Crippen molar-refractivity contribution >= 4 is 21.4 Å². The largest absolute Gasteiger partial charge is 0.397 e. The fourth-order valence-electron chi connectivity index (χ4n) is 2.73. The Morgan fingerprint density at radius 2 is 1.85 bits per heavy atom. The van der Waals surface area contributed by atoms with Gasteiger partial charge in [0.15, 0.2) is 0 Å². The topological polar surface area (TPSA) is 83.6 Å². The van der Waals surface area contributed by atoms with E-state index in [0.717, 1.165) is 19.3 Å². The number of nitrogens with two attached hydrogens (primary N) is 1. The molecule has 1 aromatic rings. The van der Waals surface area contributed by atoms with Gasteiger partial charge in [-0.25, -0.2) is 8.42 Å². The van der Waals surface area contributed by atoms with E-state index in [1.54, 1.807) is 24.3 Å². The van der Waals surface area contributed by atoms with Crippen molar-refractivity contribution in [3.8, 4) is 0 Å². The summed E-state index contributed by atoms with van der Waals surface area (Å²) in [5, 5.41) is 8.84. The Morgan fingerprint density at radius 1 is 1.20 bits per heavy atom. The van der Waals surface area contributed by atoms with Crippen molar-refractivity contribution in [1.82, 2.24) is 0 Å². The molecule has 0 spiro atoms. The summed E-state index contributed by atoms with van der Waals surface area (Å²) < 4.78 is 26.9. The molecule has 0 heterocycles. The maximum Gasteiger partial charge on any atom is 0.238 e. The van der Waals surface area contributed by atoms with E-state index >= 15 is 0 Å². The molecule has 5 nitrogen and oxygen atoms in total. The second kappa shape index (κ2) is 6.45. The van der Waals surface area contributed by atoms with Crippen LogP contribution in [0.15, 0.2) is 24.3 Å². The van der Waals surface area contributed by atoms with Crippen LogP contribution >= 0.6 is 0 Å². The lowest BCUT2D eigenvalue weighted by Gasteiger charge is -2.31. The van der Waals surface area contributed by atoms with Crippen LogP contribution in [-0.4, -0.2) is 31.9 Å². The van der Waals surface area contributed by atoms with E-state index in [4.69, 9.17) is 5.73 Å². The summed E-state index contributed by atoms with van der Waals surface area (Å²) in [6.07, 6.45) is 4.37. The second-order valence-corrected chi connectivity index (χ2v) is 7.30. The predicted octanol–water partition coefficient (Wildman–Crippen LogP) is 1.73. The highest BCUT2D eigenvalue weighted by Crippen LogP contribution is 2.31. The van der Waals surface area contributed by atoms with Gasteiger partial charge in [0, 0.05) is 0 Å². The van der Waals surface area contributed by atoms with Gasteiger partial charge in [-0.3, -0.25) is 4.31 Å². The Labute approximate surface area is 120 Å². The molecule has 0 atom stereocenters. The molecule has 0 aromatic heterocycles. The van der Waals surface area contributed by atoms with Gasteiger partial charge in [0.25, 0.3) is 0 Å². The fourth-order valence-corrected chi connectivity index (χ4v) is 4.80. The van der Waals surface area contributed by atoms with Crippen molar-refractivity contribution in [3.63, 3.8) is 0 Å². The first kappa shape index (κ1) is 15.1. The van der Waals surface area contributed by atoms with Crippen LogP contribution in [0.2, 0.25) is 0 Å². The molecule has 0 bridgehead atoms. The van der Waals surface area contributed by atoms with Crippen LogP contribution in [0, 0.1) is 0 Å². The van der Waals surface area contributed by atoms with Crippen molar-refractivity contribution in [2.24, 2.45) is 0 Å². The summed E-state index contributed by atoms with van der Waals surface area (Å²) in [5.74, 6) is 0. The van der Waals surface area contributed by atoms with E-state index < -0.39 is 10.0 Å². The standard InChI is InChI=1S/C14H22N2O3S/c15-13-8-4-5-9-14(13)16(10-11-17)20(18,19)12-6-2-1-3-7-12/h4-5,8-9,12,17H,1-3,6-7,10-11,15H2. The number of nitrogens with zero attached hydrogens (tertiary/aromatic N) is 1. The minimum Gasteiger partial charge on any atom is -0.397 e. The van der Waals surface area contributed by atoms with Crippen molar-refractivity contribution in [1.29, 1.82) is 0 Å². The third kappa shape index (κ3) is 3.07. The third-order valence-corrected chi connectivity index (χ3v) is 6.10. The highest BCUT2D eigenvalue weighted by molar-refractivity contribution is 7.93. The monoisotopic (exact) mass is 298 g/mol. The summed E-state index contributed by atoms with van der Waals surface area (Å²) >= 11 is 0. The quantitative estimate of drug-likeness (QED) is 0.811. The van der Waals surface area contributed by atoms with Gasteiger partial charge in [-0.15, -0.1) is 0 Å². The lowest BCUT2D eigenvalue weighted by Crippen LogP contribution is -2.41. The minimum atomic E-state index is -3.47. The van der Waals surface area contributed by atoms with E-state index in [9.17, 15) is 13.5 Å². The average Bonchev–Trinajstić information content (AvgIpc) is 2.46. The van der Waals surface area contributed by atoms with Gasteiger partial charge >= 0.3 is 0 Å². The molecule has 0 unspecified atom stereocenters. The van der Waals surface area contributed by atoms with Crippen LogP contribution in [0.3, 0.4) is 0 Å². The molecule has 20 heavy (non-hydrogen) atoms. The van der Waals surface area contributed by atoms with Crippen LogP contribution in [0.1, 0.15) is 32.1 Å². The molecule has 3 N–H and O–H groups in total. The first-order valence-corrected chi connectivity index (χ1v) is 8.54. The molecule has 6 heteroatoms. The fraction of sp³-hybridized carbons (Fsp3) is 0.571. The summed E-state index contributed by atoms with van der Waals surface area (Å²) in [7, 11) is -3.47. The molecule has 0 saturated heterocycles. The van der Waals surface area contributed by atoms with Gasteiger partial charge in [0.2, 0.25) is 10.0 Å². The lowest BCUT2D eigenvalue weighted by atomic mass is 10.0. The van der Waals surface area contributed by atoms with Crippen LogP contribution in [0.5, 0.6) is 0 Å². The second-order valence-electron chi connectivity index (χ2n) is 5.16. The number of para-hydroxylation sites is 2. The molecule has 0 aliphatic heterocycles. The molecule has 1 aromatic carbocycles. The van der Waals surface area contributed by atoms with Gasteiger partial charge in [-0.05, 0) is 25.0 Å². The van der Waals surface area contributed by atoms with Gasteiger partial charge in [0.1, 0.15) is 0 Å². The molecule has 1 aliphatic rings. The molecule has 1 saturated carbocycles. The Hall–Kier alpha value is -1.27. The maximum atomic E-state index is 12.8. The van der Waals surface area contributed by atoms with Gasteiger partial charge in [-0.2, -0.15) is 0 Å². The van der Waals surface area contributed by atoms with E-state index in [2.05, 4.69) is 0 Å². The molecule has 1 fully saturated rings. The molecular weight excluding hydrogens is 276 g/mol. The van der Waals surface area contributed by atoms with Crippen LogP contribution in [-0.2, 0) is 10.0 Å². The number of nitrogen functional groups attached to an aromatic ring is 1. The van der Waals surface area contributed by atoms with Gasteiger partial charge in [0.05, 0.1) is 29.8 Å². The Bertz CT molecular complexity index is 539. The van der Waals surface area contributed by atoms with Gasteiger partial charge in [-0.1, -0.05) is 31.4 Å². The average molecular weight is 298 g/mol. The smallest absolute Gasteiger partial charge is 0.238 e. The third-order valence-electron chi connectivity index (χ3n) is 3.79. The number of hydrogen-bond acceptors (Lipinski definition) is 4. The summed E-state index contributed by atoms with van der Waals surface area (Å²) in [5.41, 5.74) is 6.77. The maximum absolute atomic E-state index is 12.8. The van der Waals surface area contributed by atoms with E-state index in [0.29, 0.717) is 24.2 Å². The first-order chi connectivity index (χ1) is 9.57. The van der Waals surface area contributed by atoms with E-state index in [1.807, 2.05) is 0 Å². The number of hydrogen-bond donors (Lipinski definition) is 2. The highest BCUT2D eigenvalue weighted by atomic mass is 32.2. The summed E-state index contributed by atoms with van der Waals surface area (Å²) in [4.78, 5) is 0. The highest BCUT2D eigenvalue weighted by Gasteiger charge is 2.33. The molecule has 0 amide bonds. The molecular formula is C14H22N2O3S. The first-order valence-electron chi connectivity index (χ1n) is 7.04. The number of aliphatic hydroxyl groups excluding tert-OH is 1. The summed E-state index contributed by atoms with van der Waals surface area (Å²) in [6.45, 7) is -0.173. The number of benzene rings is 1. The SMILES string of the molecule is Nc1ccccc1N(CCO)S(=O)(=O)C1CCCCC1. The summed E-state index contributed by atoms with van der Waals surface area (Å²) in [6, 6.07) is 6.89. The Balaban J connectivity index is 2.34. The molecule has 2 rings (SSSR count). The Kier molecular flexibility index (Phi) is 4.88. The zero-order valence-electron chi connectivity index (χ0n) is 11.5. The van der Waals surface area contributed by atoms with Crippen LogP contribution < -0.4 is 10.0 Å². The predicted molar refractivity (Wildman–Crippen MR) is 81.1 cm³/mol. The van der Waals surface area contributed by atoms with E-state index in [-0.39, 0.29) is 18.4 Å². The van der Waals surface area contributed by atoms with Crippen LogP contribution in [0.25, 0.3) is 0 Å². The zero-order valence-corrected chi connectivity index (χ0v) is 12.3. The Morgan fingerprint density at radius 3 is 2.45 bits per heavy atom. The molecule has 0 radical (unpaired) electrons. The van der Waals surface area contributed by atoms with Crippen molar-refractivity contribution in [2.75, 3.05) is 23.2 Å². The van der Waals surface area contributed by atoms with E-state index in [1.165, 1.54) is 4.31 Å². The number of anilines is 2.